The van der Waals surface area contributed by atoms with Gasteiger partial charge in [0, 0.05) is 19.8 Å². The largest absolute Gasteiger partial charge is 0.324 e. The monoisotopic (exact) mass is 361 g/mol. The number of hydrogen-bond donors (Lipinski definition) is 1. The molecule has 0 aliphatic rings. The van der Waals surface area contributed by atoms with Crippen molar-refractivity contribution in [3.63, 3.8) is 0 Å². The highest BCUT2D eigenvalue weighted by molar-refractivity contribution is 7.89. The van der Waals surface area contributed by atoms with E-state index in [1.165, 1.54) is 12.1 Å². The molecule has 3 aromatic rings. The zero-order valence-corrected chi connectivity index (χ0v) is 15.7. The molecule has 25 heavy (non-hydrogen) atoms. The second-order valence-corrected chi connectivity index (χ2v) is 8.10. The van der Waals surface area contributed by atoms with Crippen molar-refractivity contribution in [1.82, 2.24) is 19.3 Å². The molecule has 0 fully saturated rings. The van der Waals surface area contributed by atoms with Crippen LogP contribution in [-0.4, -0.2) is 27.7 Å². The SMILES string of the molecule is CCCn1c(-c2cn(C)nc2C(C)C)nc2cc(S(N)(=O)=O)ccc21. The lowest BCUT2D eigenvalue weighted by atomic mass is 10.1. The normalized spacial score (nSPS) is 12.4. The minimum absolute atomic E-state index is 0.0722. The number of imidazole rings is 1. The maximum absolute atomic E-state index is 11.6. The number of aromatic nitrogens is 4. The molecule has 0 saturated heterocycles. The molecule has 0 amide bonds. The van der Waals surface area contributed by atoms with Crippen molar-refractivity contribution in [3.05, 3.63) is 30.1 Å². The minimum atomic E-state index is -3.76. The van der Waals surface area contributed by atoms with Gasteiger partial charge in [-0.25, -0.2) is 18.5 Å². The molecule has 2 aromatic heterocycles. The van der Waals surface area contributed by atoms with Gasteiger partial charge in [0.15, 0.2) is 0 Å². The Kier molecular flexibility index (Phi) is 4.42. The van der Waals surface area contributed by atoms with Gasteiger partial charge in [0.2, 0.25) is 10.0 Å². The first-order chi connectivity index (χ1) is 11.7. The fraction of sp³-hybridized carbons (Fsp3) is 0.412. The average Bonchev–Trinajstić information content (AvgIpc) is 3.07. The summed E-state index contributed by atoms with van der Waals surface area (Å²) in [6.07, 6.45) is 2.90. The van der Waals surface area contributed by atoms with E-state index < -0.39 is 10.0 Å². The third kappa shape index (κ3) is 3.19. The Morgan fingerprint density at radius 2 is 2.00 bits per heavy atom. The molecule has 2 heterocycles. The maximum Gasteiger partial charge on any atom is 0.238 e. The van der Waals surface area contributed by atoms with Crippen molar-refractivity contribution in [2.75, 3.05) is 0 Å². The Balaban J connectivity index is 2.29. The van der Waals surface area contributed by atoms with Gasteiger partial charge in [0.05, 0.1) is 27.2 Å². The van der Waals surface area contributed by atoms with Gasteiger partial charge in [-0.05, 0) is 30.5 Å². The van der Waals surface area contributed by atoms with Crippen LogP contribution >= 0.6 is 0 Å². The highest BCUT2D eigenvalue weighted by Gasteiger charge is 2.21. The van der Waals surface area contributed by atoms with E-state index in [4.69, 9.17) is 10.1 Å². The van der Waals surface area contributed by atoms with E-state index in [2.05, 4.69) is 30.4 Å². The molecule has 0 radical (unpaired) electrons. The standard InChI is InChI=1S/C17H23N5O2S/c1-5-8-22-15-7-6-12(25(18,23)24)9-14(15)19-17(22)13-10-21(4)20-16(13)11(2)3/h6-7,9-11H,5,8H2,1-4H3,(H2,18,23,24). The molecule has 7 nitrogen and oxygen atoms in total. The van der Waals surface area contributed by atoms with Crippen LogP contribution in [0, 0.1) is 0 Å². The van der Waals surface area contributed by atoms with Crippen LogP contribution in [0.1, 0.15) is 38.8 Å². The number of nitrogens with zero attached hydrogens (tertiary/aromatic N) is 4. The van der Waals surface area contributed by atoms with Gasteiger partial charge in [-0.1, -0.05) is 20.8 Å². The van der Waals surface area contributed by atoms with Crippen LogP contribution in [0.25, 0.3) is 22.4 Å². The summed E-state index contributed by atoms with van der Waals surface area (Å²) in [5.74, 6) is 1.06. The minimum Gasteiger partial charge on any atom is -0.324 e. The van der Waals surface area contributed by atoms with Crippen LogP contribution in [0.4, 0.5) is 0 Å². The van der Waals surface area contributed by atoms with Crippen LogP contribution in [0.15, 0.2) is 29.3 Å². The molecule has 0 unspecified atom stereocenters. The summed E-state index contributed by atoms with van der Waals surface area (Å²) in [5, 5.41) is 9.82. The number of sulfonamides is 1. The van der Waals surface area contributed by atoms with Gasteiger partial charge in [-0.2, -0.15) is 5.10 Å². The van der Waals surface area contributed by atoms with Crippen molar-refractivity contribution in [3.8, 4) is 11.4 Å². The molecule has 0 bridgehead atoms. The summed E-state index contributed by atoms with van der Waals surface area (Å²) in [7, 11) is -1.87. The molecule has 0 atom stereocenters. The van der Waals surface area contributed by atoms with Crippen LogP contribution in [0.3, 0.4) is 0 Å². The van der Waals surface area contributed by atoms with Crippen molar-refractivity contribution in [1.29, 1.82) is 0 Å². The van der Waals surface area contributed by atoms with E-state index in [1.807, 2.05) is 13.2 Å². The molecule has 8 heteroatoms. The highest BCUT2D eigenvalue weighted by Crippen LogP contribution is 2.31. The lowest BCUT2D eigenvalue weighted by Crippen LogP contribution is -2.11. The number of nitrogens with two attached hydrogens (primary N) is 1. The summed E-state index contributed by atoms with van der Waals surface area (Å²) in [6, 6.07) is 4.83. The number of aryl methyl sites for hydroxylation is 2. The van der Waals surface area contributed by atoms with Gasteiger partial charge in [-0.15, -0.1) is 0 Å². The van der Waals surface area contributed by atoms with Crippen molar-refractivity contribution < 1.29 is 8.42 Å². The molecule has 134 valence electrons. The average molecular weight is 361 g/mol. The lowest BCUT2D eigenvalue weighted by molar-refractivity contribution is 0.598. The second kappa shape index (κ2) is 6.27. The van der Waals surface area contributed by atoms with Gasteiger partial charge in [0.25, 0.3) is 0 Å². The van der Waals surface area contributed by atoms with Crippen LogP contribution in [0.5, 0.6) is 0 Å². The quantitative estimate of drug-likeness (QED) is 0.755. The number of hydrogen-bond acceptors (Lipinski definition) is 4. The summed E-state index contributed by atoms with van der Waals surface area (Å²) in [4.78, 5) is 4.79. The summed E-state index contributed by atoms with van der Waals surface area (Å²) in [5.41, 5.74) is 3.46. The smallest absolute Gasteiger partial charge is 0.238 e. The fourth-order valence-electron chi connectivity index (χ4n) is 3.05. The molecule has 1 aromatic carbocycles. The molecule has 0 aliphatic heterocycles. The zero-order valence-electron chi connectivity index (χ0n) is 14.9. The highest BCUT2D eigenvalue weighted by atomic mass is 32.2. The second-order valence-electron chi connectivity index (χ2n) is 6.54. The first-order valence-electron chi connectivity index (χ1n) is 8.29. The van der Waals surface area contributed by atoms with E-state index in [9.17, 15) is 8.42 Å². The maximum atomic E-state index is 11.6. The van der Waals surface area contributed by atoms with Crippen molar-refractivity contribution >= 4 is 21.1 Å². The molecule has 0 aliphatic carbocycles. The van der Waals surface area contributed by atoms with E-state index in [1.54, 1.807) is 10.7 Å². The Labute approximate surface area is 147 Å². The van der Waals surface area contributed by atoms with Crippen LogP contribution in [-0.2, 0) is 23.6 Å². The number of rotatable bonds is 5. The van der Waals surface area contributed by atoms with E-state index in [0.717, 1.165) is 35.6 Å². The summed E-state index contributed by atoms with van der Waals surface area (Å²) in [6.45, 7) is 7.07. The van der Waals surface area contributed by atoms with Gasteiger partial charge < -0.3 is 4.57 Å². The van der Waals surface area contributed by atoms with Crippen LogP contribution in [0.2, 0.25) is 0 Å². The first kappa shape index (κ1) is 17.6. The van der Waals surface area contributed by atoms with Crippen LogP contribution < -0.4 is 5.14 Å². The third-order valence-electron chi connectivity index (χ3n) is 4.14. The topological polar surface area (TPSA) is 95.8 Å². The van der Waals surface area contributed by atoms with Gasteiger partial charge in [-0.3, -0.25) is 4.68 Å². The Hall–Kier alpha value is -2.19. The number of primary sulfonamides is 1. The predicted octanol–water partition coefficient (Wildman–Crippen LogP) is 2.62. The fourth-order valence-corrected chi connectivity index (χ4v) is 3.58. The molecule has 2 N–H and O–H groups in total. The van der Waals surface area contributed by atoms with E-state index in [0.29, 0.717) is 5.52 Å². The molecule has 3 rings (SSSR count). The van der Waals surface area contributed by atoms with Gasteiger partial charge >= 0.3 is 0 Å². The summed E-state index contributed by atoms with van der Waals surface area (Å²) < 4.78 is 27.2. The number of fused-ring (bicyclic) bond motifs is 1. The molecular formula is C17H23N5O2S. The molecule has 0 spiro atoms. The Morgan fingerprint density at radius 3 is 2.60 bits per heavy atom. The van der Waals surface area contributed by atoms with E-state index >= 15 is 0 Å². The molecule has 0 saturated carbocycles. The number of benzene rings is 1. The zero-order chi connectivity index (χ0) is 18.4. The lowest BCUT2D eigenvalue weighted by Gasteiger charge is -2.09. The third-order valence-corrected chi connectivity index (χ3v) is 5.05. The summed E-state index contributed by atoms with van der Waals surface area (Å²) >= 11 is 0. The predicted molar refractivity (Wildman–Crippen MR) is 97.7 cm³/mol. The van der Waals surface area contributed by atoms with Crippen molar-refractivity contribution in [2.24, 2.45) is 12.2 Å². The first-order valence-corrected chi connectivity index (χ1v) is 9.84. The van der Waals surface area contributed by atoms with Crippen molar-refractivity contribution in [2.45, 2.75) is 44.6 Å². The Morgan fingerprint density at radius 1 is 1.28 bits per heavy atom. The molecular weight excluding hydrogens is 338 g/mol. The van der Waals surface area contributed by atoms with E-state index in [-0.39, 0.29) is 10.8 Å². The van der Waals surface area contributed by atoms with Gasteiger partial charge in [0.1, 0.15) is 5.82 Å². The Bertz CT molecular complexity index is 1030.